The number of aromatic nitrogens is 2. The van der Waals surface area contributed by atoms with Crippen molar-refractivity contribution in [3.63, 3.8) is 0 Å². The number of carbonyl (C=O) groups excluding carboxylic acids is 1. The summed E-state index contributed by atoms with van der Waals surface area (Å²) < 4.78 is 13.6. The lowest BCUT2D eigenvalue weighted by Crippen LogP contribution is -2.64. The van der Waals surface area contributed by atoms with Gasteiger partial charge in [0.1, 0.15) is 5.60 Å². The molecule has 0 N–H and O–H groups in total. The molecule has 1 aromatic rings. The first-order valence-electron chi connectivity index (χ1n) is 18.6. The van der Waals surface area contributed by atoms with E-state index in [4.69, 9.17) is 14.6 Å². The van der Waals surface area contributed by atoms with Gasteiger partial charge in [0.25, 0.3) is 0 Å². The Labute approximate surface area is 305 Å². The van der Waals surface area contributed by atoms with Crippen molar-refractivity contribution in [3.8, 4) is 0 Å². The number of anilines is 1. The molecule has 1 saturated carbocycles. The van der Waals surface area contributed by atoms with Gasteiger partial charge in [0, 0.05) is 63.1 Å². The van der Waals surface area contributed by atoms with Crippen LogP contribution < -0.4 is 4.90 Å². The lowest BCUT2D eigenvalue weighted by atomic mass is 9.61. The van der Waals surface area contributed by atoms with Crippen molar-refractivity contribution in [1.29, 1.82) is 0 Å². The Balaban J connectivity index is 0.000000686. The monoisotopic (exact) mass is 692 g/mol. The number of rotatable bonds is 11. The lowest BCUT2D eigenvalue weighted by molar-refractivity contribution is -0.0931. The molecule has 1 amide bonds. The van der Waals surface area contributed by atoms with Gasteiger partial charge in [-0.05, 0) is 85.8 Å². The second-order valence-corrected chi connectivity index (χ2v) is 15.0. The number of nitrogens with zero attached hydrogens (tertiary/aromatic N) is 5. The minimum atomic E-state index is -0.456. The standard InChI is InChI=1S/C31H49N5O3.C9H14.C2H6/c1-10-12-25(13-11-2)18-33-14-15-35(30(8,19-33)22-38-9)27-23(3)24(4)36(32-27)26-16-31(17-26)20-34(21-31)28(37)39-29(5,6)7;1-4-7-9(6-3)8-5-2;1-2/h10-13,26H,1,14-22H2,2-9H3;4-5,7-8H,1,6H2,2-3H3;1-2H3/b13-11-,25-12+;8-5-,9-7-;/t30-;;/m1../s1. The molecule has 2 saturated heterocycles. The van der Waals surface area contributed by atoms with E-state index in [0.717, 1.165) is 64.3 Å². The number of methoxy groups -OCH3 is 1. The van der Waals surface area contributed by atoms with Crippen molar-refractivity contribution in [2.24, 2.45) is 5.41 Å². The van der Waals surface area contributed by atoms with Crippen molar-refractivity contribution in [2.75, 3.05) is 57.9 Å². The highest BCUT2D eigenvalue weighted by Crippen LogP contribution is 2.55. The summed E-state index contributed by atoms with van der Waals surface area (Å²) in [6, 6.07) is 0.376. The number of likely N-dealkylation sites (tertiary alicyclic amines) is 1. The molecule has 3 heterocycles. The maximum absolute atomic E-state index is 12.4. The van der Waals surface area contributed by atoms with Crippen LogP contribution in [-0.2, 0) is 9.47 Å². The van der Waals surface area contributed by atoms with E-state index in [1.165, 1.54) is 22.4 Å². The van der Waals surface area contributed by atoms with Gasteiger partial charge in [0.2, 0.25) is 0 Å². The smallest absolute Gasteiger partial charge is 0.410 e. The third-order valence-electron chi connectivity index (χ3n) is 9.62. The molecule has 0 bridgehead atoms. The quantitative estimate of drug-likeness (QED) is 0.216. The van der Waals surface area contributed by atoms with Gasteiger partial charge in [0.15, 0.2) is 5.82 Å². The SMILES string of the molecule is C=C/C=C(\C=C/C)CC.C=C/C=C(\C=C/C)CN1CCN(c2nn(C3CC4(C3)CN(C(=O)OC(C)(C)C)C4)c(C)c2C)[C@@](C)(COC)C1.CC. The summed E-state index contributed by atoms with van der Waals surface area (Å²) in [5.41, 5.74) is 4.64. The minimum absolute atomic E-state index is 0.193. The van der Waals surface area contributed by atoms with E-state index in [0.29, 0.717) is 12.6 Å². The molecule has 0 radical (unpaired) electrons. The zero-order valence-electron chi connectivity index (χ0n) is 33.6. The molecule has 1 aliphatic carbocycles. The van der Waals surface area contributed by atoms with Gasteiger partial charge in [-0.25, -0.2) is 4.79 Å². The number of allylic oxidation sites excluding steroid dienone is 8. The second kappa shape index (κ2) is 19.3. The van der Waals surface area contributed by atoms with Gasteiger partial charge in [-0.1, -0.05) is 82.5 Å². The summed E-state index contributed by atoms with van der Waals surface area (Å²) >= 11 is 0. The van der Waals surface area contributed by atoms with Crippen LogP contribution in [-0.4, -0.2) is 89.8 Å². The minimum Gasteiger partial charge on any atom is -0.444 e. The molecular formula is C42H69N5O3. The average Bonchev–Trinajstić information content (AvgIpc) is 3.29. The van der Waals surface area contributed by atoms with Gasteiger partial charge in [0.05, 0.1) is 18.2 Å². The van der Waals surface area contributed by atoms with Gasteiger partial charge >= 0.3 is 6.09 Å². The highest BCUT2D eigenvalue weighted by Gasteiger charge is 2.55. The van der Waals surface area contributed by atoms with Crippen LogP contribution in [0.15, 0.2) is 72.9 Å². The Bertz CT molecular complexity index is 1380. The van der Waals surface area contributed by atoms with E-state index >= 15 is 0 Å². The third-order valence-corrected chi connectivity index (χ3v) is 9.62. The molecular weight excluding hydrogens is 622 g/mol. The summed E-state index contributed by atoms with van der Waals surface area (Å²) in [6.45, 7) is 36.0. The van der Waals surface area contributed by atoms with Crippen LogP contribution in [0.1, 0.15) is 98.9 Å². The highest BCUT2D eigenvalue weighted by molar-refractivity contribution is 5.69. The van der Waals surface area contributed by atoms with Crippen LogP contribution >= 0.6 is 0 Å². The Hall–Kier alpha value is -3.36. The van der Waals surface area contributed by atoms with E-state index in [1.807, 2.05) is 70.7 Å². The van der Waals surface area contributed by atoms with Crippen molar-refractivity contribution < 1.29 is 14.3 Å². The number of carbonyl (C=O) groups is 1. The number of hydrogen-bond acceptors (Lipinski definition) is 6. The Morgan fingerprint density at radius 3 is 2.08 bits per heavy atom. The molecule has 1 spiro atoms. The molecule has 3 fully saturated rings. The molecule has 2 aliphatic heterocycles. The van der Waals surface area contributed by atoms with Crippen molar-refractivity contribution >= 4 is 11.9 Å². The fraction of sp³-hybridized carbons (Fsp3) is 0.619. The third kappa shape index (κ3) is 11.1. The van der Waals surface area contributed by atoms with Crippen LogP contribution in [0.2, 0.25) is 0 Å². The van der Waals surface area contributed by atoms with Gasteiger partial charge in [-0.15, -0.1) is 0 Å². The lowest BCUT2D eigenvalue weighted by Gasteiger charge is -2.58. The van der Waals surface area contributed by atoms with Gasteiger partial charge < -0.3 is 19.3 Å². The van der Waals surface area contributed by atoms with Crippen LogP contribution in [0, 0.1) is 19.3 Å². The Kier molecular flexibility index (Phi) is 16.5. The van der Waals surface area contributed by atoms with E-state index < -0.39 is 5.60 Å². The molecule has 1 atom stereocenters. The van der Waals surface area contributed by atoms with Crippen molar-refractivity contribution in [3.05, 3.63) is 84.2 Å². The van der Waals surface area contributed by atoms with Crippen molar-refractivity contribution in [1.82, 2.24) is 19.6 Å². The maximum atomic E-state index is 12.4. The molecule has 4 rings (SSSR count). The summed E-state index contributed by atoms with van der Waals surface area (Å²) in [5, 5.41) is 5.23. The second-order valence-electron chi connectivity index (χ2n) is 15.0. The maximum Gasteiger partial charge on any atom is 0.410 e. The number of hydrogen-bond donors (Lipinski definition) is 0. The van der Waals surface area contributed by atoms with E-state index in [9.17, 15) is 4.79 Å². The number of amides is 1. The van der Waals surface area contributed by atoms with E-state index in [-0.39, 0.29) is 17.0 Å². The number of piperazine rings is 1. The predicted molar refractivity (Wildman–Crippen MR) is 212 cm³/mol. The topological polar surface area (TPSA) is 63.1 Å². The molecule has 3 aliphatic rings. The largest absolute Gasteiger partial charge is 0.444 e. The summed E-state index contributed by atoms with van der Waals surface area (Å²) in [4.78, 5) is 19.2. The molecule has 0 unspecified atom stereocenters. The van der Waals surface area contributed by atoms with Crippen LogP contribution in [0.25, 0.3) is 0 Å². The Morgan fingerprint density at radius 2 is 1.56 bits per heavy atom. The van der Waals surface area contributed by atoms with E-state index in [2.05, 4.69) is 86.6 Å². The number of ether oxygens (including phenoxy) is 2. The molecule has 8 heteroatoms. The first kappa shape index (κ1) is 42.8. The fourth-order valence-corrected chi connectivity index (χ4v) is 7.32. The van der Waals surface area contributed by atoms with E-state index in [1.54, 1.807) is 7.11 Å². The zero-order valence-corrected chi connectivity index (χ0v) is 33.6. The highest BCUT2D eigenvalue weighted by atomic mass is 16.6. The zero-order chi connectivity index (χ0) is 37.7. The van der Waals surface area contributed by atoms with Crippen LogP contribution in [0.5, 0.6) is 0 Å². The molecule has 0 aromatic carbocycles. The summed E-state index contributed by atoms with van der Waals surface area (Å²) in [7, 11) is 1.79. The average molecular weight is 692 g/mol. The molecule has 8 nitrogen and oxygen atoms in total. The molecule has 280 valence electrons. The summed E-state index contributed by atoms with van der Waals surface area (Å²) in [5.74, 6) is 1.08. The first-order chi connectivity index (χ1) is 23.7. The first-order valence-corrected chi connectivity index (χ1v) is 18.6. The van der Waals surface area contributed by atoms with Gasteiger partial charge in [-0.3, -0.25) is 9.58 Å². The Morgan fingerprint density at radius 1 is 0.980 bits per heavy atom. The fourth-order valence-electron chi connectivity index (χ4n) is 7.32. The molecule has 50 heavy (non-hydrogen) atoms. The molecule has 1 aromatic heterocycles. The predicted octanol–water partition coefficient (Wildman–Crippen LogP) is 9.40. The van der Waals surface area contributed by atoms with Crippen molar-refractivity contribution in [2.45, 2.75) is 113 Å². The normalized spacial score (nSPS) is 21.3. The van der Waals surface area contributed by atoms with Crippen LogP contribution in [0.4, 0.5) is 10.6 Å². The van der Waals surface area contributed by atoms with Crippen LogP contribution in [0.3, 0.4) is 0 Å². The summed E-state index contributed by atoms with van der Waals surface area (Å²) in [6.07, 6.45) is 19.2. The van der Waals surface area contributed by atoms with Gasteiger partial charge in [-0.2, -0.15) is 5.10 Å².